The van der Waals surface area contributed by atoms with Gasteiger partial charge in [0, 0.05) is 29.7 Å². The van der Waals surface area contributed by atoms with Crippen molar-refractivity contribution in [2.75, 3.05) is 7.11 Å². The summed E-state index contributed by atoms with van der Waals surface area (Å²) in [6.45, 7) is 4.50. The molecular formula is C12H17BrFNO. The maximum absolute atomic E-state index is 13.4. The third kappa shape index (κ3) is 3.85. The van der Waals surface area contributed by atoms with Gasteiger partial charge in [-0.25, -0.2) is 4.39 Å². The van der Waals surface area contributed by atoms with Crippen molar-refractivity contribution in [3.05, 3.63) is 34.1 Å². The molecule has 4 heteroatoms. The molecule has 0 amide bonds. The van der Waals surface area contributed by atoms with Crippen LogP contribution in [0.1, 0.15) is 19.4 Å². The van der Waals surface area contributed by atoms with Crippen LogP contribution in [-0.2, 0) is 11.3 Å². The maximum Gasteiger partial charge on any atom is 0.127 e. The molecule has 0 saturated carbocycles. The van der Waals surface area contributed by atoms with Crippen molar-refractivity contribution in [1.29, 1.82) is 0 Å². The molecule has 1 N–H and O–H groups in total. The van der Waals surface area contributed by atoms with E-state index < -0.39 is 0 Å². The maximum atomic E-state index is 13.4. The number of hydrogen-bond acceptors (Lipinski definition) is 2. The number of rotatable bonds is 5. The fourth-order valence-corrected chi connectivity index (χ4v) is 1.73. The minimum absolute atomic E-state index is 0.107. The van der Waals surface area contributed by atoms with Gasteiger partial charge in [-0.15, -0.1) is 0 Å². The van der Waals surface area contributed by atoms with E-state index in [0.717, 1.165) is 4.47 Å². The van der Waals surface area contributed by atoms with Gasteiger partial charge in [0.1, 0.15) is 5.82 Å². The Labute approximate surface area is 104 Å². The third-order valence-corrected chi connectivity index (χ3v) is 3.19. The zero-order valence-electron chi connectivity index (χ0n) is 9.76. The van der Waals surface area contributed by atoms with E-state index >= 15 is 0 Å². The lowest BCUT2D eigenvalue weighted by Crippen LogP contribution is -2.36. The average Bonchev–Trinajstić information content (AvgIpc) is 2.28. The van der Waals surface area contributed by atoms with Gasteiger partial charge in [0.15, 0.2) is 0 Å². The Hall–Kier alpha value is -0.450. The lowest BCUT2D eigenvalue weighted by molar-refractivity contribution is 0.0881. The van der Waals surface area contributed by atoms with Crippen LogP contribution in [0.4, 0.5) is 4.39 Å². The molecule has 2 atom stereocenters. The lowest BCUT2D eigenvalue weighted by Gasteiger charge is -2.20. The molecule has 0 saturated heterocycles. The lowest BCUT2D eigenvalue weighted by atomic mass is 10.1. The number of ether oxygens (including phenoxy) is 1. The van der Waals surface area contributed by atoms with E-state index in [-0.39, 0.29) is 18.0 Å². The molecule has 1 rings (SSSR count). The fraction of sp³-hybridized carbons (Fsp3) is 0.500. The highest BCUT2D eigenvalue weighted by atomic mass is 79.9. The average molecular weight is 290 g/mol. The Bertz CT molecular complexity index is 346. The number of nitrogens with one attached hydrogen (secondary N) is 1. The van der Waals surface area contributed by atoms with E-state index in [1.807, 2.05) is 13.8 Å². The molecule has 0 aliphatic heterocycles. The second-order valence-electron chi connectivity index (χ2n) is 3.85. The summed E-state index contributed by atoms with van der Waals surface area (Å²) in [5.74, 6) is -0.187. The molecule has 0 fully saturated rings. The van der Waals surface area contributed by atoms with Gasteiger partial charge in [-0.05, 0) is 32.0 Å². The minimum atomic E-state index is -0.187. The van der Waals surface area contributed by atoms with Gasteiger partial charge in [0.25, 0.3) is 0 Å². The van der Waals surface area contributed by atoms with E-state index in [9.17, 15) is 4.39 Å². The van der Waals surface area contributed by atoms with E-state index in [0.29, 0.717) is 12.1 Å². The molecule has 0 bridgehead atoms. The molecule has 0 aromatic heterocycles. The molecule has 2 nitrogen and oxygen atoms in total. The Morgan fingerprint density at radius 1 is 1.44 bits per heavy atom. The van der Waals surface area contributed by atoms with Crippen LogP contribution in [0, 0.1) is 5.82 Å². The molecule has 0 aliphatic carbocycles. The number of benzene rings is 1. The van der Waals surface area contributed by atoms with Crippen molar-refractivity contribution in [2.24, 2.45) is 0 Å². The molecule has 0 heterocycles. The molecule has 16 heavy (non-hydrogen) atoms. The molecule has 0 spiro atoms. The van der Waals surface area contributed by atoms with Crippen LogP contribution in [0.25, 0.3) is 0 Å². The van der Waals surface area contributed by atoms with Gasteiger partial charge in [-0.3, -0.25) is 0 Å². The normalized spacial score (nSPS) is 14.8. The molecule has 1 aromatic carbocycles. The summed E-state index contributed by atoms with van der Waals surface area (Å²) in [7, 11) is 1.67. The van der Waals surface area contributed by atoms with Crippen LogP contribution in [0.3, 0.4) is 0 Å². The van der Waals surface area contributed by atoms with Gasteiger partial charge >= 0.3 is 0 Å². The van der Waals surface area contributed by atoms with Gasteiger partial charge in [-0.1, -0.05) is 15.9 Å². The first-order chi connectivity index (χ1) is 7.54. The van der Waals surface area contributed by atoms with Crippen LogP contribution in [0.5, 0.6) is 0 Å². The van der Waals surface area contributed by atoms with Crippen molar-refractivity contribution in [3.63, 3.8) is 0 Å². The Kier molecular flexibility index (Phi) is 5.38. The second kappa shape index (κ2) is 6.33. The van der Waals surface area contributed by atoms with Crippen LogP contribution < -0.4 is 5.32 Å². The highest BCUT2D eigenvalue weighted by molar-refractivity contribution is 9.10. The Balaban J connectivity index is 2.57. The Morgan fingerprint density at radius 3 is 2.75 bits per heavy atom. The minimum Gasteiger partial charge on any atom is -0.380 e. The van der Waals surface area contributed by atoms with Crippen molar-refractivity contribution >= 4 is 15.9 Å². The molecular weight excluding hydrogens is 273 g/mol. The number of methoxy groups -OCH3 is 1. The second-order valence-corrected chi connectivity index (χ2v) is 4.76. The summed E-state index contributed by atoms with van der Waals surface area (Å²) < 4.78 is 19.5. The van der Waals surface area contributed by atoms with Gasteiger partial charge in [0.2, 0.25) is 0 Å². The summed E-state index contributed by atoms with van der Waals surface area (Å²) in [5.41, 5.74) is 0.657. The van der Waals surface area contributed by atoms with Gasteiger partial charge in [0.05, 0.1) is 6.10 Å². The molecule has 1 aromatic rings. The molecule has 0 aliphatic rings. The van der Waals surface area contributed by atoms with Crippen LogP contribution >= 0.6 is 15.9 Å². The monoisotopic (exact) mass is 289 g/mol. The van der Waals surface area contributed by atoms with E-state index in [2.05, 4.69) is 21.2 Å². The quantitative estimate of drug-likeness (QED) is 0.899. The SMILES string of the molecule is COC(C)C(C)NCc1cc(Br)ccc1F. The smallest absolute Gasteiger partial charge is 0.127 e. The molecule has 2 unspecified atom stereocenters. The van der Waals surface area contributed by atoms with Gasteiger partial charge in [-0.2, -0.15) is 0 Å². The zero-order valence-corrected chi connectivity index (χ0v) is 11.3. The third-order valence-electron chi connectivity index (χ3n) is 2.70. The highest BCUT2D eigenvalue weighted by Gasteiger charge is 2.11. The van der Waals surface area contributed by atoms with Crippen molar-refractivity contribution in [1.82, 2.24) is 5.32 Å². The number of halogens is 2. The van der Waals surface area contributed by atoms with Crippen LogP contribution in [0.15, 0.2) is 22.7 Å². The zero-order chi connectivity index (χ0) is 12.1. The van der Waals surface area contributed by atoms with Crippen molar-refractivity contribution < 1.29 is 9.13 Å². The standard InChI is InChI=1S/C12H17BrFNO/c1-8(9(2)16-3)15-7-10-6-11(13)4-5-12(10)14/h4-6,8-9,15H,7H2,1-3H3. The summed E-state index contributed by atoms with van der Waals surface area (Å²) in [4.78, 5) is 0. The first-order valence-electron chi connectivity index (χ1n) is 5.24. The summed E-state index contributed by atoms with van der Waals surface area (Å²) in [6.07, 6.45) is 0.107. The van der Waals surface area contributed by atoms with Crippen molar-refractivity contribution in [3.8, 4) is 0 Å². The van der Waals surface area contributed by atoms with Crippen molar-refractivity contribution in [2.45, 2.75) is 32.5 Å². The van der Waals surface area contributed by atoms with E-state index in [1.165, 1.54) is 6.07 Å². The van der Waals surface area contributed by atoms with E-state index in [1.54, 1.807) is 19.2 Å². The Morgan fingerprint density at radius 2 is 2.12 bits per heavy atom. The highest BCUT2D eigenvalue weighted by Crippen LogP contribution is 2.15. The summed E-state index contributed by atoms with van der Waals surface area (Å²) in [5, 5.41) is 3.23. The predicted octanol–water partition coefficient (Wildman–Crippen LogP) is 3.10. The predicted molar refractivity (Wildman–Crippen MR) is 66.9 cm³/mol. The van der Waals surface area contributed by atoms with Crippen LogP contribution in [0.2, 0.25) is 0 Å². The van der Waals surface area contributed by atoms with E-state index in [4.69, 9.17) is 4.74 Å². The van der Waals surface area contributed by atoms with Crippen LogP contribution in [-0.4, -0.2) is 19.3 Å². The fourth-order valence-electron chi connectivity index (χ4n) is 1.32. The topological polar surface area (TPSA) is 21.3 Å². The summed E-state index contributed by atoms with van der Waals surface area (Å²) in [6, 6.07) is 5.13. The summed E-state index contributed by atoms with van der Waals surface area (Å²) >= 11 is 3.33. The first-order valence-corrected chi connectivity index (χ1v) is 6.04. The molecule has 0 radical (unpaired) electrons. The largest absolute Gasteiger partial charge is 0.380 e. The molecule has 90 valence electrons. The number of hydrogen-bond donors (Lipinski definition) is 1. The van der Waals surface area contributed by atoms with Gasteiger partial charge < -0.3 is 10.1 Å². The first kappa shape index (κ1) is 13.6.